The van der Waals surface area contributed by atoms with E-state index in [1.54, 1.807) is 17.9 Å². The van der Waals surface area contributed by atoms with Crippen LogP contribution in [0.4, 0.5) is 4.39 Å². The van der Waals surface area contributed by atoms with Gasteiger partial charge in [0.25, 0.3) is 0 Å². The van der Waals surface area contributed by atoms with Crippen molar-refractivity contribution in [2.75, 3.05) is 19.7 Å². The van der Waals surface area contributed by atoms with E-state index in [9.17, 15) is 14.3 Å². The number of aliphatic carboxylic acids is 1. The second-order valence-corrected chi connectivity index (χ2v) is 3.65. The molecule has 0 heterocycles. The van der Waals surface area contributed by atoms with Gasteiger partial charge in [-0.3, -0.25) is 9.69 Å². The van der Waals surface area contributed by atoms with Crippen LogP contribution in [0.1, 0.15) is 18.5 Å². The van der Waals surface area contributed by atoms with Gasteiger partial charge >= 0.3 is 5.97 Å². The monoisotopic (exact) mass is 241 g/mol. The first-order valence-electron chi connectivity index (χ1n) is 5.43. The zero-order valence-electron chi connectivity index (χ0n) is 9.64. The lowest BCUT2D eigenvalue weighted by atomic mass is 10.1. The molecule has 0 saturated carbocycles. The Morgan fingerprint density at radius 1 is 1.53 bits per heavy atom. The second kappa shape index (κ2) is 6.32. The van der Waals surface area contributed by atoms with Crippen LogP contribution in [-0.2, 0) is 4.79 Å². The molecule has 1 atom stereocenters. The van der Waals surface area contributed by atoms with Crippen LogP contribution in [0, 0.1) is 5.82 Å². The molecule has 0 amide bonds. The predicted molar refractivity (Wildman–Crippen MR) is 61.1 cm³/mol. The van der Waals surface area contributed by atoms with E-state index < -0.39 is 17.8 Å². The maximum Gasteiger partial charge on any atom is 0.325 e. The standard InChI is InChI=1S/C12H16FNO3/c1-2-14(6-7-15)11(12(16)17)9-4-3-5-10(13)8-9/h3-5,8,11,15H,2,6-7H2,1H3,(H,16,17). The number of benzene rings is 1. The summed E-state index contributed by atoms with van der Waals surface area (Å²) in [6, 6.07) is 4.60. The Hall–Kier alpha value is -1.46. The molecule has 1 aromatic rings. The van der Waals surface area contributed by atoms with Crippen LogP contribution < -0.4 is 0 Å². The van der Waals surface area contributed by atoms with Crippen LogP contribution in [0.2, 0.25) is 0 Å². The summed E-state index contributed by atoms with van der Waals surface area (Å²) < 4.78 is 13.1. The molecule has 1 aromatic carbocycles. The molecule has 1 rings (SSSR count). The summed E-state index contributed by atoms with van der Waals surface area (Å²) in [5.41, 5.74) is 0.382. The highest BCUT2D eigenvalue weighted by Gasteiger charge is 2.26. The number of aliphatic hydroxyl groups is 1. The quantitative estimate of drug-likeness (QED) is 0.787. The molecule has 17 heavy (non-hydrogen) atoms. The molecule has 0 aliphatic heterocycles. The van der Waals surface area contributed by atoms with Crippen LogP contribution >= 0.6 is 0 Å². The maximum absolute atomic E-state index is 13.1. The van der Waals surface area contributed by atoms with E-state index >= 15 is 0 Å². The van der Waals surface area contributed by atoms with E-state index in [1.807, 2.05) is 0 Å². The Morgan fingerprint density at radius 2 is 2.24 bits per heavy atom. The van der Waals surface area contributed by atoms with Crippen LogP contribution in [-0.4, -0.2) is 40.8 Å². The van der Waals surface area contributed by atoms with Crippen molar-refractivity contribution < 1.29 is 19.4 Å². The summed E-state index contributed by atoms with van der Waals surface area (Å²) in [6.07, 6.45) is 0. The molecule has 4 nitrogen and oxygen atoms in total. The minimum atomic E-state index is -1.05. The summed E-state index contributed by atoms with van der Waals surface area (Å²) in [6.45, 7) is 2.37. The Balaban J connectivity index is 3.03. The topological polar surface area (TPSA) is 60.8 Å². The van der Waals surface area contributed by atoms with Crippen molar-refractivity contribution in [1.29, 1.82) is 0 Å². The van der Waals surface area contributed by atoms with Crippen LogP contribution in [0.15, 0.2) is 24.3 Å². The maximum atomic E-state index is 13.1. The number of rotatable bonds is 6. The number of nitrogens with zero attached hydrogens (tertiary/aromatic N) is 1. The molecule has 94 valence electrons. The third kappa shape index (κ3) is 3.51. The van der Waals surface area contributed by atoms with Gasteiger partial charge in [0.1, 0.15) is 11.9 Å². The first-order valence-corrected chi connectivity index (χ1v) is 5.43. The third-order valence-corrected chi connectivity index (χ3v) is 2.56. The van der Waals surface area contributed by atoms with Gasteiger partial charge in [0.05, 0.1) is 6.61 Å². The average molecular weight is 241 g/mol. The molecular formula is C12H16FNO3. The molecule has 0 radical (unpaired) electrons. The molecule has 5 heteroatoms. The fourth-order valence-corrected chi connectivity index (χ4v) is 1.78. The fourth-order valence-electron chi connectivity index (χ4n) is 1.78. The highest BCUT2D eigenvalue weighted by molar-refractivity contribution is 5.75. The number of carbonyl (C=O) groups is 1. The zero-order valence-corrected chi connectivity index (χ0v) is 9.64. The Morgan fingerprint density at radius 3 is 2.71 bits per heavy atom. The number of likely N-dealkylation sites (N-methyl/N-ethyl adjacent to an activating group) is 1. The van der Waals surface area contributed by atoms with Gasteiger partial charge in [0.15, 0.2) is 0 Å². The van der Waals surface area contributed by atoms with Gasteiger partial charge in [0, 0.05) is 6.54 Å². The number of halogens is 1. The van der Waals surface area contributed by atoms with Crippen molar-refractivity contribution in [2.45, 2.75) is 13.0 Å². The van der Waals surface area contributed by atoms with Gasteiger partial charge in [-0.05, 0) is 24.2 Å². The number of aliphatic hydroxyl groups excluding tert-OH is 1. The van der Waals surface area contributed by atoms with E-state index in [0.29, 0.717) is 12.1 Å². The van der Waals surface area contributed by atoms with Gasteiger partial charge in [0.2, 0.25) is 0 Å². The SMILES string of the molecule is CCN(CCO)C(C(=O)O)c1cccc(F)c1. The molecule has 0 aliphatic carbocycles. The zero-order chi connectivity index (χ0) is 12.8. The van der Waals surface area contributed by atoms with Crippen molar-refractivity contribution in [3.63, 3.8) is 0 Å². The highest BCUT2D eigenvalue weighted by atomic mass is 19.1. The molecule has 0 saturated heterocycles. The summed E-state index contributed by atoms with van der Waals surface area (Å²) in [4.78, 5) is 12.8. The van der Waals surface area contributed by atoms with E-state index in [-0.39, 0.29) is 13.2 Å². The summed E-state index contributed by atoms with van der Waals surface area (Å²) in [5.74, 6) is -1.51. The Bertz CT molecular complexity index is 384. The molecule has 0 fully saturated rings. The van der Waals surface area contributed by atoms with Crippen LogP contribution in [0.3, 0.4) is 0 Å². The lowest BCUT2D eigenvalue weighted by Crippen LogP contribution is -2.36. The average Bonchev–Trinajstić information content (AvgIpc) is 2.28. The number of hydrogen-bond donors (Lipinski definition) is 2. The third-order valence-electron chi connectivity index (χ3n) is 2.56. The lowest BCUT2D eigenvalue weighted by molar-refractivity contribution is -0.143. The first-order chi connectivity index (χ1) is 8.10. The minimum absolute atomic E-state index is 0.132. The van der Waals surface area contributed by atoms with Crippen molar-refractivity contribution in [3.05, 3.63) is 35.6 Å². The normalized spacial score (nSPS) is 12.7. The Labute approximate surface area is 99.3 Å². The van der Waals surface area contributed by atoms with Gasteiger partial charge in [-0.25, -0.2) is 4.39 Å². The molecular weight excluding hydrogens is 225 g/mol. The minimum Gasteiger partial charge on any atom is -0.480 e. The van der Waals surface area contributed by atoms with Crippen molar-refractivity contribution >= 4 is 5.97 Å². The molecule has 1 unspecified atom stereocenters. The van der Waals surface area contributed by atoms with Crippen molar-refractivity contribution in [1.82, 2.24) is 4.90 Å². The van der Waals surface area contributed by atoms with Crippen molar-refractivity contribution in [3.8, 4) is 0 Å². The van der Waals surface area contributed by atoms with E-state index in [2.05, 4.69) is 0 Å². The van der Waals surface area contributed by atoms with Gasteiger partial charge in [-0.2, -0.15) is 0 Å². The molecule has 0 bridgehead atoms. The van der Waals surface area contributed by atoms with E-state index in [1.165, 1.54) is 18.2 Å². The molecule has 0 aromatic heterocycles. The largest absolute Gasteiger partial charge is 0.480 e. The smallest absolute Gasteiger partial charge is 0.325 e. The summed E-state index contributed by atoms with van der Waals surface area (Å²) in [5, 5.41) is 18.1. The molecule has 0 aliphatic rings. The van der Waals surface area contributed by atoms with E-state index in [0.717, 1.165) is 0 Å². The number of hydrogen-bond acceptors (Lipinski definition) is 3. The van der Waals surface area contributed by atoms with Crippen LogP contribution in [0.5, 0.6) is 0 Å². The number of carboxylic acid groups (broad SMARTS) is 1. The Kier molecular flexibility index (Phi) is 5.06. The van der Waals surface area contributed by atoms with Gasteiger partial charge in [-0.1, -0.05) is 19.1 Å². The summed E-state index contributed by atoms with van der Waals surface area (Å²) in [7, 11) is 0. The summed E-state index contributed by atoms with van der Waals surface area (Å²) >= 11 is 0. The fraction of sp³-hybridized carbons (Fsp3) is 0.417. The van der Waals surface area contributed by atoms with Crippen molar-refractivity contribution in [2.24, 2.45) is 0 Å². The first kappa shape index (κ1) is 13.6. The highest BCUT2D eigenvalue weighted by Crippen LogP contribution is 2.21. The lowest BCUT2D eigenvalue weighted by Gasteiger charge is -2.27. The van der Waals surface area contributed by atoms with Gasteiger partial charge < -0.3 is 10.2 Å². The second-order valence-electron chi connectivity index (χ2n) is 3.65. The molecule has 2 N–H and O–H groups in total. The van der Waals surface area contributed by atoms with Crippen LogP contribution in [0.25, 0.3) is 0 Å². The predicted octanol–water partition coefficient (Wildman–Crippen LogP) is 1.27. The van der Waals surface area contributed by atoms with Gasteiger partial charge in [-0.15, -0.1) is 0 Å². The molecule has 0 spiro atoms. The van der Waals surface area contributed by atoms with E-state index in [4.69, 9.17) is 5.11 Å². The number of carboxylic acids is 1.